The molecule has 1 atom stereocenters. The highest BCUT2D eigenvalue weighted by Crippen LogP contribution is 2.27. The molecule has 2 aromatic rings. The van der Waals surface area contributed by atoms with Crippen molar-refractivity contribution in [2.45, 2.75) is 25.9 Å². The van der Waals surface area contributed by atoms with Gasteiger partial charge in [-0.3, -0.25) is 4.79 Å². The van der Waals surface area contributed by atoms with E-state index in [1.807, 2.05) is 0 Å². The summed E-state index contributed by atoms with van der Waals surface area (Å²) in [5, 5.41) is 9.12. The zero-order chi connectivity index (χ0) is 26.8. The number of halogens is 3. The van der Waals surface area contributed by atoms with Gasteiger partial charge in [0.05, 0.1) is 5.56 Å². The van der Waals surface area contributed by atoms with E-state index in [2.05, 4.69) is 4.99 Å². The first kappa shape index (κ1) is 27.4. The SMILES string of the molecule is Cc1c(F)cc(C2=NC(C)(COc3cccc(CN(CC(=O)O)S(=O)(=O)N(C)C)c3)CO2)c(F)c1F. The number of carboxylic acids is 1. The van der Waals surface area contributed by atoms with Gasteiger partial charge in [0.1, 0.15) is 36.9 Å². The Bertz CT molecular complexity index is 1300. The van der Waals surface area contributed by atoms with Crippen LogP contribution in [0.4, 0.5) is 13.2 Å². The minimum Gasteiger partial charge on any atom is -0.491 e. The minimum atomic E-state index is -4.00. The van der Waals surface area contributed by atoms with E-state index in [0.717, 1.165) is 21.6 Å². The van der Waals surface area contributed by atoms with Gasteiger partial charge < -0.3 is 14.6 Å². The quantitative estimate of drug-likeness (QED) is 0.474. The highest BCUT2D eigenvalue weighted by Gasteiger charge is 2.35. The maximum Gasteiger partial charge on any atom is 0.318 e. The Hall–Kier alpha value is -3.16. The van der Waals surface area contributed by atoms with Crippen molar-refractivity contribution in [3.63, 3.8) is 0 Å². The van der Waals surface area contributed by atoms with E-state index in [1.165, 1.54) is 14.1 Å². The average molecular weight is 530 g/mol. The maximum absolute atomic E-state index is 14.3. The number of rotatable bonds is 10. The number of aliphatic carboxylic acids is 1. The summed E-state index contributed by atoms with van der Waals surface area (Å²) in [7, 11) is -1.40. The van der Waals surface area contributed by atoms with Gasteiger partial charge in [0, 0.05) is 26.2 Å². The molecule has 3 rings (SSSR count). The monoisotopic (exact) mass is 529 g/mol. The molecular weight excluding hydrogens is 503 g/mol. The lowest BCUT2D eigenvalue weighted by molar-refractivity contribution is -0.137. The molecule has 36 heavy (non-hydrogen) atoms. The Labute approximate surface area is 206 Å². The topological polar surface area (TPSA) is 109 Å². The van der Waals surface area contributed by atoms with Crippen molar-refractivity contribution >= 4 is 22.1 Å². The lowest BCUT2D eigenvalue weighted by Gasteiger charge is -2.24. The second-order valence-corrected chi connectivity index (χ2v) is 10.9. The summed E-state index contributed by atoms with van der Waals surface area (Å²) in [5.41, 5.74) is -1.40. The molecule has 0 fully saturated rings. The Balaban J connectivity index is 1.75. The number of hydrogen-bond donors (Lipinski definition) is 1. The third-order valence-corrected chi connectivity index (χ3v) is 7.25. The van der Waals surface area contributed by atoms with Gasteiger partial charge in [-0.1, -0.05) is 12.1 Å². The second kappa shape index (κ2) is 10.4. The number of hydrogen-bond acceptors (Lipinski definition) is 6. The molecule has 1 N–H and O–H groups in total. The van der Waals surface area contributed by atoms with E-state index in [9.17, 15) is 26.4 Å². The van der Waals surface area contributed by atoms with Crippen LogP contribution in [0.15, 0.2) is 35.3 Å². The molecule has 0 radical (unpaired) electrons. The van der Waals surface area contributed by atoms with Gasteiger partial charge in [-0.15, -0.1) is 0 Å². The Morgan fingerprint density at radius 3 is 2.56 bits per heavy atom. The largest absolute Gasteiger partial charge is 0.491 e. The van der Waals surface area contributed by atoms with Crippen LogP contribution in [0.3, 0.4) is 0 Å². The minimum absolute atomic E-state index is 0.0357. The zero-order valence-corrected chi connectivity index (χ0v) is 20.9. The third-order valence-electron chi connectivity index (χ3n) is 5.42. The molecule has 13 heteroatoms. The Morgan fingerprint density at radius 1 is 1.22 bits per heavy atom. The fourth-order valence-electron chi connectivity index (χ4n) is 3.36. The molecule has 9 nitrogen and oxygen atoms in total. The summed E-state index contributed by atoms with van der Waals surface area (Å²) in [6.45, 7) is 1.75. The molecule has 0 aromatic heterocycles. The Morgan fingerprint density at radius 2 is 1.92 bits per heavy atom. The fraction of sp³-hybridized carbons (Fsp3) is 0.391. The fourth-order valence-corrected chi connectivity index (χ4v) is 4.41. The van der Waals surface area contributed by atoms with E-state index >= 15 is 0 Å². The lowest BCUT2D eigenvalue weighted by atomic mass is 10.1. The molecule has 1 unspecified atom stereocenters. The van der Waals surface area contributed by atoms with Crippen LogP contribution in [0.5, 0.6) is 5.75 Å². The van der Waals surface area contributed by atoms with E-state index in [1.54, 1.807) is 31.2 Å². The molecule has 0 saturated carbocycles. The van der Waals surface area contributed by atoms with Crippen molar-refractivity contribution in [2.24, 2.45) is 4.99 Å². The van der Waals surface area contributed by atoms with Crippen LogP contribution in [-0.4, -0.2) is 73.4 Å². The summed E-state index contributed by atoms with van der Waals surface area (Å²) in [4.78, 5) is 15.5. The molecule has 0 amide bonds. The molecule has 0 saturated heterocycles. The van der Waals surface area contributed by atoms with Gasteiger partial charge in [-0.2, -0.15) is 17.0 Å². The molecule has 0 bridgehead atoms. The van der Waals surface area contributed by atoms with Gasteiger partial charge in [-0.25, -0.2) is 18.2 Å². The first-order valence-electron chi connectivity index (χ1n) is 10.7. The van der Waals surface area contributed by atoms with Gasteiger partial charge in [0.2, 0.25) is 5.90 Å². The van der Waals surface area contributed by atoms with Gasteiger partial charge in [0.15, 0.2) is 11.6 Å². The number of ether oxygens (including phenoxy) is 2. The van der Waals surface area contributed by atoms with Crippen molar-refractivity contribution in [3.05, 3.63) is 64.5 Å². The number of benzene rings is 2. The van der Waals surface area contributed by atoms with Crippen LogP contribution in [0, 0.1) is 24.4 Å². The first-order chi connectivity index (χ1) is 16.7. The van der Waals surface area contributed by atoms with Crippen LogP contribution >= 0.6 is 0 Å². The van der Waals surface area contributed by atoms with Crippen molar-refractivity contribution in [1.29, 1.82) is 0 Å². The lowest BCUT2D eigenvalue weighted by Crippen LogP contribution is -2.42. The number of carboxylic acid groups (broad SMARTS) is 1. The predicted molar refractivity (Wildman–Crippen MR) is 125 cm³/mol. The predicted octanol–water partition coefficient (Wildman–Crippen LogP) is 2.72. The smallest absolute Gasteiger partial charge is 0.318 e. The highest BCUT2D eigenvalue weighted by molar-refractivity contribution is 7.86. The summed E-state index contributed by atoms with van der Waals surface area (Å²) < 4.78 is 80.1. The van der Waals surface area contributed by atoms with Crippen LogP contribution in [0.25, 0.3) is 0 Å². The van der Waals surface area contributed by atoms with Crippen LogP contribution in [0.2, 0.25) is 0 Å². The van der Waals surface area contributed by atoms with Gasteiger partial charge >= 0.3 is 5.97 Å². The molecular formula is C23H26F3N3O6S. The standard InChI is InChI=1S/C23H26F3N3O6S/c1-14-18(24)9-17(21(26)20(14)25)22-27-23(2,13-35-22)12-34-16-7-5-6-15(8-16)10-29(11-19(30)31)36(32,33)28(3)4/h5-9H,10-13H2,1-4H3,(H,30,31). The number of carbonyl (C=O) groups is 1. The third kappa shape index (κ3) is 5.97. The molecule has 1 heterocycles. The maximum atomic E-state index is 14.3. The van der Waals surface area contributed by atoms with Gasteiger partial charge in [-0.05, 0) is 37.6 Å². The van der Waals surface area contributed by atoms with E-state index in [4.69, 9.17) is 14.6 Å². The van der Waals surface area contributed by atoms with Crippen molar-refractivity contribution in [1.82, 2.24) is 8.61 Å². The number of nitrogens with zero attached hydrogens (tertiary/aromatic N) is 3. The molecule has 1 aliphatic rings. The highest BCUT2D eigenvalue weighted by atomic mass is 32.2. The average Bonchev–Trinajstić information content (AvgIpc) is 3.20. The van der Waals surface area contributed by atoms with E-state index in [-0.39, 0.29) is 25.7 Å². The second-order valence-electron chi connectivity index (χ2n) is 8.75. The van der Waals surface area contributed by atoms with Crippen LogP contribution in [0.1, 0.15) is 23.6 Å². The normalized spacial score (nSPS) is 17.9. The molecule has 0 spiro atoms. The zero-order valence-electron chi connectivity index (χ0n) is 20.1. The molecule has 0 aliphatic carbocycles. The molecule has 1 aliphatic heterocycles. The van der Waals surface area contributed by atoms with Crippen molar-refractivity contribution < 1.29 is 41.0 Å². The van der Waals surface area contributed by atoms with E-state index in [0.29, 0.717) is 11.3 Å². The summed E-state index contributed by atoms with van der Waals surface area (Å²) >= 11 is 0. The molecule has 2 aromatic carbocycles. The van der Waals surface area contributed by atoms with Crippen molar-refractivity contribution in [2.75, 3.05) is 33.9 Å². The summed E-state index contributed by atoms with van der Waals surface area (Å²) in [6, 6.07) is 7.22. The van der Waals surface area contributed by atoms with E-state index < -0.39 is 56.8 Å². The van der Waals surface area contributed by atoms with Crippen molar-refractivity contribution in [3.8, 4) is 5.75 Å². The first-order valence-corrected chi connectivity index (χ1v) is 12.1. The summed E-state index contributed by atoms with van der Waals surface area (Å²) in [5.74, 6) is -4.71. The number of aliphatic imine (C=N–C) groups is 1. The molecule has 196 valence electrons. The Kier molecular flexibility index (Phi) is 7.96. The van der Waals surface area contributed by atoms with Gasteiger partial charge in [0.25, 0.3) is 10.2 Å². The van der Waals surface area contributed by atoms with Crippen LogP contribution in [-0.2, 0) is 26.3 Å². The van der Waals surface area contributed by atoms with Crippen LogP contribution < -0.4 is 4.74 Å². The summed E-state index contributed by atoms with van der Waals surface area (Å²) in [6.07, 6.45) is 0.